The van der Waals surface area contributed by atoms with Crippen molar-refractivity contribution in [3.05, 3.63) is 192 Å². The van der Waals surface area contributed by atoms with Gasteiger partial charge in [-0.15, -0.1) is 48.0 Å². The average Bonchev–Trinajstić information content (AvgIpc) is 3.95. The Morgan fingerprint density at radius 2 is 1.36 bits per heavy atom. The van der Waals surface area contributed by atoms with Crippen molar-refractivity contribution in [1.82, 2.24) is 14.5 Å². The number of benzene rings is 7. The van der Waals surface area contributed by atoms with Crippen LogP contribution in [0, 0.1) is 24.9 Å². The molecule has 12 rings (SSSR count). The molecule has 1 radical (unpaired) electrons. The zero-order chi connectivity index (χ0) is 47.2. The number of para-hydroxylation sites is 2. The zero-order valence-corrected chi connectivity index (χ0v) is 44.1. The van der Waals surface area contributed by atoms with Crippen LogP contribution >= 0.6 is 0 Å². The number of fused-ring (bicyclic) bond motifs is 6. The number of imidazole rings is 1. The molecule has 0 atom stereocenters. The van der Waals surface area contributed by atoms with Crippen molar-refractivity contribution in [2.45, 2.75) is 96.7 Å². The molecule has 0 saturated carbocycles. The van der Waals surface area contributed by atoms with Gasteiger partial charge in [0.05, 0.1) is 30.5 Å². The van der Waals surface area contributed by atoms with Crippen LogP contribution in [0.15, 0.2) is 156 Å². The van der Waals surface area contributed by atoms with E-state index in [-0.39, 0.29) is 37.8 Å². The predicted molar refractivity (Wildman–Crippen MR) is 287 cm³/mol. The average molecular weight is 1110 g/mol. The van der Waals surface area contributed by atoms with Gasteiger partial charge in [-0.1, -0.05) is 173 Å². The number of hydrogen-bond acceptors (Lipinski definition) is 3. The Morgan fingerprint density at radius 3 is 2.07 bits per heavy atom. The van der Waals surface area contributed by atoms with E-state index >= 15 is 0 Å². The van der Waals surface area contributed by atoms with E-state index in [0.29, 0.717) is 0 Å². The summed E-state index contributed by atoms with van der Waals surface area (Å²) in [5.41, 5.74) is 17.8. The molecule has 0 aliphatic carbocycles. The third-order valence-corrected chi connectivity index (χ3v) is 20.4. The molecule has 1 spiro atoms. The summed E-state index contributed by atoms with van der Waals surface area (Å²) in [6.07, 6.45) is 8.94. The molecule has 7 aromatic carbocycles. The fraction of sp³-hybridized carbons (Fsp3) is 0.238. The van der Waals surface area contributed by atoms with Gasteiger partial charge in [0.25, 0.3) is 0 Å². The van der Waals surface area contributed by atoms with Crippen molar-refractivity contribution in [2.75, 3.05) is 0 Å². The van der Waals surface area contributed by atoms with Gasteiger partial charge in [0.2, 0.25) is 0 Å². The Labute approximate surface area is 426 Å². The van der Waals surface area contributed by atoms with Gasteiger partial charge in [0, 0.05) is 43.2 Å². The minimum atomic E-state index is -1.26. The van der Waals surface area contributed by atoms with Crippen LogP contribution in [0.3, 0.4) is 0 Å². The Balaban J connectivity index is 0.000000206. The number of aromatic nitrogens is 3. The zero-order valence-electron chi connectivity index (χ0n) is 40.7. The molecule has 10 aromatic rings. The van der Waals surface area contributed by atoms with E-state index in [1.807, 2.05) is 6.07 Å². The second-order valence-electron chi connectivity index (χ2n) is 20.1. The number of aryl methyl sites for hydroxylation is 2. The largest absolute Gasteiger partial charge is 0.501 e. The molecule has 2 aliphatic rings. The summed E-state index contributed by atoms with van der Waals surface area (Å²) in [5.74, 6) is 1.15. The molecule has 0 amide bonds. The minimum absolute atomic E-state index is 0. The molecule has 5 heterocycles. The summed E-state index contributed by atoms with van der Waals surface area (Å²) in [6.45, 7) is 11.3. The molecule has 353 valence electrons. The second kappa shape index (κ2) is 19.9. The van der Waals surface area contributed by atoms with E-state index in [9.17, 15) is 4.39 Å². The normalized spacial score (nSPS) is 14.2. The van der Waals surface area contributed by atoms with Crippen LogP contribution in [0.2, 0.25) is 18.1 Å². The van der Waals surface area contributed by atoms with Crippen molar-refractivity contribution in [3.8, 4) is 50.6 Å². The Bertz CT molecular complexity index is 3450. The van der Waals surface area contributed by atoms with Crippen molar-refractivity contribution in [2.24, 2.45) is 0 Å². The van der Waals surface area contributed by atoms with Crippen LogP contribution in [0.4, 0.5) is 4.39 Å². The minimum Gasteiger partial charge on any atom is -0.501 e. The molecule has 70 heavy (non-hydrogen) atoms. The molecule has 1 saturated heterocycles. The third-order valence-electron chi connectivity index (χ3n) is 14.9. The maximum Gasteiger partial charge on any atom is 0.121 e. The first-order valence-electron chi connectivity index (χ1n) is 25.0. The number of hydrogen-bond donors (Lipinski definition) is 0. The first-order valence-corrected chi connectivity index (χ1v) is 27.6. The maximum absolute atomic E-state index is 13.1. The van der Waals surface area contributed by atoms with E-state index in [2.05, 4.69) is 179 Å². The number of rotatable bonds is 7. The number of nitrogens with zero attached hydrogens (tertiary/aromatic N) is 3. The van der Waals surface area contributed by atoms with Gasteiger partial charge >= 0.3 is 0 Å². The molecule has 3 aromatic heterocycles. The smallest absolute Gasteiger partial charge is 0.121 e. The monoisotopic (exact) mass is 1110 g/mol. The molecular weight excluding hydrogens is 1050 g/mol. The van der Waals surface area contributed by atoms with Gasteiger partial charge in [-0.05, 0) is 105 Å². The summed E-state index contributed by atoms with van der Waals surface area (Å²) < 4.78 is 22.0. The van der Waals surface area contributed by atoms with Crippen molar-refractivity contribution in [1.29, 1.82) is 0 Å². The SMILES string of the molecule is Cc1ccc2c(c1)oc1c(-c3nc4ccccc4n3-c3c(C(C)C)cc(-c4ccc(-c5ccccc5)cc4)cc3C(C)C)[c-]ccc12.Fc1c[c-]c(-c2cc3c(cn2)[Si]2(CCCCC2)CCC3)cc1.[Ir]. The molecule has 7 heteroatoms. The molecule has 2 aliphatic heterocycles. The fourth-order valence-corrected chi connectivity index (χ4v) is 16.8. The molecule has 0 bridgehead atoms. The topological polar surface area (TPSA) is 43.9 Å². The van der Waals surface area contributed by atoms with E-state index in [1.54, 1.807) is 11.3 Å². The first-order chi connectivity index (χ1) is 33.6. The summed E-state index contributed by atoms with van der Waals surface area (Å²) in [7, 11) is -1.26. The van der Waals surface area contributed by atoms with Crippen LogP contribution in [0.25, 0.3) is 83.6 Å². The van der Waals surface area contributed by atoms with Gasteiger partial charge in [0.15, 0.2) is 0 Å². The van der Waals surface area contributed by atoms with Gasteiger partial charge in [-0.2, -0.15) is 0 Å². The molecule has 0 N–H and O–H groups in total. The third kappa shape index (κ3) is 8.93. The molecule has 0 unspecified atom stereocenters. The Hall–Kier alpha value is -6.24. The van der Waals surface area contributed by atoms with Crippen LogP contribution in [-0.4, -0.2) is 22.6 Å². The summed E-state index contributed by atoms with van der Waals surface area (Å²) in [6, 6.07) is 61.1. The first kappa shape index (κ1) is 47.4. The van der Waals surface area contributed by atoms with Crippen molar-refractivity contribution in [3.63, 3.8) is 0 Å². The van der Waals surface area contributed by atoms with Gasteiger partial charge < -0.3 is 14.0 Å². The maximum atomic E-state index is 13.1. The molecular formula is C63H58FIrN3OSi-2. The summed E-state index contributed by atoms with van der Waals surface area (Å²) >= 11 is 0. The van der Waals surface area contributed by atoms with Crippen molar-refractivity contribution >= 4 is 46.2 Å². The molecule has 4 nitrogen and oxygen atoms in total. The van der Waals surface area contributed by atoms with Crippen LogP contribution in [-0.2, 0) is 26.5 Å². The van der Waals surface area contributed by atoms with E-state index in [1.165, 1.54) is 113 Å². The quantitative estimate of drug-likeness (QED) is 0.118. The fourth-order valence-electron chi connectivity index (χ4n) is 11.3. The van der Waals surface area contributed by atoms with E-state index in [4.69, 9.17) is 14.4 Å². The standard InChI is InChI=1S/C44H37N2O.C19H21FNSi.Ir/c1-27(2)37-25-33(32-21-19-31(20-22-32)30-12-7-6-8-13-30)26-38(28(3)4)42(37)46-40-17-10-9-16-39(40)45-44(46)36-15-11-14-35-34-23-18-29(5)24-41(34)47-43(35)36;20-17-8-6-15(7-9-17)18-13-16-5-4-12-22(19(16)14-21-18)10-2-1-3-11-22;/h6-14,16-28H,1-5H3;6,8-9,13-14H,1-5,10-12H2;/q2*-1;. The number of furan rings is 1. The van der Waals surface area contributed by atoms with Gasteiger partial charge in [-0.25, -0.2) is 0 Å². The van der Waals surface area contributed by atoms with E-state index in [0.717, 1.165) is 55.6 Å². The van der Waals surface area contributed by atoms with Gasteiger partial charge in [-0.3, -0.25) is 9.37 Å². The Morgan fingerprint density at radius 1 is 0.671 bits per heavy atom. The van der Waals surface area contributed by atoms with Crippen molar-refractivity contribution < 1.29 is 28.9 Å². The van der Waals surface area contributed by atoms with E-state index < -0.39 is 8.07 Å². The number of halogens is 1. The predicted octanol–water partition coefficient (Wildman–Crippen LogP) is 16.8. The van der Waals surface area contributed by atoms with Crippen LogP contribution < -0.4 is 5.19 Å². The Kier molecular flexibility index (Phi) is 13.5. The molecule has 1 fully saturated rings. The second-order valence-corrected chi connectivity index (χ2v) is 24.7. The number of pyridine rings is 1. The van der Waals surface area contributed by atoms with Gasteiger partial charge in [0.1, 0.15) is 5.58 Å². The van der Waals surface area contributed by atoms with Crippen LogP contribution in [0.1, 0.15) is 87.5 Å². The summed E-state index contributed by atoms with van der Waals surface area (Å²) in [4.78, 5) is 10.0. The van der Waals surface area contributed by atoms with Crippen LogP contribution in [0.5, 0.6) is 0 Å². The summed E-state index contributed by atoms with van der Waals surface area (Å²) in [5, 5.41) is 3.82.